The molecule has 1 amide bonds. The molecule has 2 fully saturated rings. The molecule has 2 aliphatic rings. The summed E-state index contributed by atoms with van der Waals surface area (Å²) in [6.45, 7) is 34.9. The van der Waals surface area contributed by atoms with Crippen molar-refractivity contribution in [1.82, 2.24) is 10.3 Å². The predicted molar refractivity (Wildman–Crippen MR) is 259 cm³/mol. The number of hydrogen-bond donors (Lipinski definition) is 1. The highest BCUT2D eigenvalue weighted by Crippen LogP contribution is 2.45. The number of aryl methyl sites for hydroxylation is 1. The minimum Gasteiger partial charge on any atom is -0.461 e. The van der Waals surface area contributed by atoms with Crippen molar-refractivity contribution in [1.29, 1.82) is 0 Å². The lowest BCUT2D eigenvalue weighted by Crippen LogP contribution is -2.50. The number of Topliss-reactive ketones (excluding diaryl/α,β-unsaturated/α-hetero) is 1. The first-order valence-corrected chi connectivity index (χ1v) is 25.7. The number of hydrogen-bond acceptors (Lipinski definition) is 13. The number of fused-ring (bicyclic) bond motifs is 1. The fourth-order valence-corrected chi connectivity index (χ4v) is 9.99. The summed E-state index contributed by atoms with van der Waals surface area (Å²) in [5.41, 5.74) is -0.476. The third-order valence-corrected chi connectivity index (χ3v) is 15.7. The van der Waals surface area contributed by atoms with Gasteiger partial charge in [0.2, 0.25) is 5.91 Å². The lowest BCUT2D eigenvalue weighted by atomic mass is 9.72. The number of thioether (sulfide) groups is 2. The second-order valence-corrected chi connectivity index (χ2v) is 26.3. The topological polar surface area (TPSA) is 143 Å². The van der Waals surface area contributed by atoms with Crippen LogP contribution in [0.1, 0.15) is 166 Å². The Hall–Kier alpha value is -1.97. The molecule has 0 radical (unpaired) electrons. The molecule has 0 aromatic carbocycles. The van der Waals surface area contributed by atoms with E-state index in [2.05, 4.69) is 44.9 Å². The van der Waals surface area contributed by atoms with Gasteiger partial charge in [-0.2, -0.15) is 0 Å². The van der Waals surface area contributed by atoms with Gasteiger partial charge in [-0.15, -0.1) is 34.9 Å². The summed E-state index contributed by atoms with van der Waals surface area (Å²) in [7, 11) is 0. The summed E-state index contributed by atoms with van der Waals surface area (Å²) in [5.74, 6) is -2.26. The molecule has 360 valence electrons. The Kier molecular flexibility index (Phi) is 19.9. The Morgan fingerprint density at radius 2 is 1.44 bits per heavy atom. The number of ketones is 1. The monoisotopic (exact) mass is 939 g/mol. The number of epoxide rings is 1. The van der Waals surface area contributed by atoms with Crippen LogP contribution in [0.15, 0.2) is 11.0 Å². The van der Waals surface area contributed by atoms with Crippen LogP contribution in [0.3, 0.4) is 0 Å². The Morgan fingerprint density at radius 3 is 1.95 bits per heavy atom. The number of carbonyl (C=O) groups is 4. The fourth-order valence-electron chi connectivity index (χ4n) is 7.81. The van der Waals surface area contributed by atoms with Gasteiger partial charge in [0.05, 0.1) is 68.9 Å². The number of nitrogens with zero attached hydrogens (tertiary/aromatic N) is 1. The summed E-state index contributed by atoms with van der Waals surface area (Å²) < 4.78 is 30.3. The highest BCUT2D eigenvalue weighted by atomic mass is 32.2. The number of amides is 1. The van der Waals surface area contributed by atoms with Gasteiger partial charge in [-0.25, -0.2) is 4.98 Å². The molecule has 3 rings (SSSR count). The summed E-state index contributed by atoms with van der Waals surface area (Å²) in [4.78, 5) is 61.3. The van der Waals surface area contributed by atoms with Crippen LogP contribution in [-0.4, -0.2) is 104 Å². The molecular weight excluding hydrogens is 857 g/mol. The van der Waals surface area contributed by atoms with Crippen LogP contribution in [0.4, 0.5) is 0 Å². The quantitative estimate of drug-likeness (QED) is 0.124. The third kappa shape index (κ3) is 19.0. The van der Waals surface area contributed by atoms with E-state index in [0.29, 0.717) is 32.5 Å². The molecule has 1 aromatic heterocycles. The minimum atomic E-state index is -1.32. The van der Waals surface area contributed by atoms with Crippen LogP contribution in [0.2, 0.25) is 0 Å². The molecular formula is C49H82N2O9S3. The number of carbonyl (C=O) groups excluding carboxylic acids is 4. The summed E-state index contributed by atoms with van der Waals surface area (Å²) in [5, 5.41) is 6.18. The van der Waals surface area contributed by atoms with Crippen molar-refractivity contribution in [3.63, 3.8) is 0 Å². The normalized spacial score (nSPS) is 27.0. The molecule has 2 aliphatic heterocycles. The van der Waals surface area contributed by atoms with Crippen molar-refractivity contribution >= 4 is 64.6 Å². The van der Waals surface area contributed by atoms with Crippen molar-refractivity contribution in [3.05, 3.63) is 21.7 Å². The zero-order chi connectivity index (χ0) is 47.8. The maximum Gasteiger partial charge on any atom is 0.316 e. The molecule has 14 heteroatoms. The van der Waals surface area contributed by atoms with E-state index in [-0.39, 0.29) is 79.9 Å². The molecule has 7 atom stereocenters. The molecule has 0 unspecified atom stereocenters. The number of aromatic nitrogens is 1. The molecule has 0 aliphatic carbocycles. The standard InChI is InChI=1S/C49H82N2O9S3/c1-31-19-18-20-49(17)38(60-49)26-36(32(2)25-35-28-61-34(4)50-35)51-39(52)27-37(58-40(53)29-62-46(11,12)21-23-56-44(5,6)7)48(15,16)43(55)33(3)42(31)59-41(54)30-63-47(13,14)22-24-57-45(8,9)10/h25,28,31,33,36-38,42H,18-24,26-27,29-30H2,1-17H3,(H,51,52)/b32-25+/t31-,33+,36-,37-,38-,42-,49+/m0/s1. The average molecular weight is 939 g/mol. The molecule has 0 spiro atoms. The van der Waals surface area contributed by atoms with Gasteiger partial charge in [-0.05, 0) is 119 Å². The summed E-state index contributed by atoms with van der Waals surface area (Å²) >= 11 is 4.54. The molecule has 3 heterocycles. The Morgan fingerprint density at radius 1 is 0.905 bits per heavy atom. The van der Waals surface area contributed by atoms with Crippen molar-refractivity contribution < 1.29 is 42.9 Å². The lowest BCUT2D eigenvalue weighted by Gasteiger charge is -2.38. The van der Waals surface area contributed by atoms with Crippen molar-refractivity contribution in [2.75, 3.05) is 24.7 Å². The van der Waals surface area contributed by atoms with Crippen molar-refractivity contribution in [3.8, 4) is 0 Å². The van der Waals surface area contributed by atoms with Gasteiger partial charge >= 0.3 is 11.9 Å². The van der Waals surface area contributed by atoms with Gasteiger partial charge in [-0.3, -0.25) is 19.2 Å². The maximum atomic E-state index is 14.9. The molecule has 1 N–H and O–H groups in total. The van der Waals surface area contributed by atoms with E-state index in [1.807, 2.05) is 73.8 Å². The van der Waals surface area contributed by atoms with E-state index >= 15 is 0 Å². The summed E-state index contributed by atoms with van der Waals surface area (Å²) in [6.07, 6.45) is 4.13. The molecule has 0 bridgehead atoms. The van der Waals surface area contributed by atoms with E-state index in [4.69, 9.17) is 23.7 Å². The fraction of sp³-hybridized carbons (Fsp3) is 0.816. The first kappa shape index (κ1) is 55.4. The van der Waals surface area contributed by atoms with Crippen molar-refractivity contribution in [2.24, 2.45) is 17.3 Å². The van der Waals surface area contributed by atoms with E-state index in [9.17, 15) is 19.2 Å². The molecule has 2 saturated heterocycles. The lowest BCUT2D eigenvalue weighted by molar-refractivity contribution is -0.163. The second-order valence-electron chi connectivity index (χ2n) is 21.9. The third-order valence-electron chi connectivity index (χ3n) is 12.2. The first-order chi connectivity index (χ1) is 28.8. The molecule has 63 heavy (non-hydrogen) atoms. The van der Waals surface area contributed by atoms with Crippen LogP contribution < -0.4 is 5.32 Å². The van der Waals surface area contributed by atoms with E-state index in [1.54, 1.807) is 32.1 Å². The van der Waals surface area contributed by atoms with Crippen LogP contribution in [0, 0.1) is 24.2 Å². The average Bonchev–Trinajstić information content (AvgIpc) is 3.59. The maximum absolute atomic E-state index is 14.9. The first-order valence-electron chi connectivity index (χ1n) is 22.9. The molecule has 0 saturated carbocycles. The van der Waals surface area contributed by atoms with Gasteiger partial charge in [0.1, 0.15) is 18.0 Å². The van der Waals surface area contributed by atoms with E-state index < -0.39 is 29.5 Å². The predicted octanol–water partition coefficient (Wildman–Crippen LogP) is 10.6. The van der Waals surface area contributed by atoms with Gasteiger partial charge in [-0.1, -0.05) is 48.0 Å². The minimum absolute atomic E-state index is 0.0310. The van der Waals surface area contributed by atoms with Crippen LogP contribution in [0.25, 0.3) is 6.08 Å². The number of thiazole rings is 1. The Balaban J connectivity index is 1.93. The Labute approximate surface area is 392 Å². The number of rotatable bonds is 16. The van der Waals surface area contributed by atoms with Gasteiger partial charge < -0.3 is 29.0 Å². The highest BCUT2D eigenvalue weighted by molar-refractivity contribution is 8.01. The molecule has 1 aromatic rings. The van der Waals surface area contributed by atoms with Crippen LogP contribution in [-0.2, 0) is 42.9 Å². The van der Waals surface area contributed by atoms with Crippen LogP contribution in [0.5, 0.6) is 0 Å². The SMILES string of the molecule is C/C(=C\c1csc(C)n1)[C@@H]1C[C@@H]2O[C@]2(C)CCC[C@H](C)[C@H](OC(=O)CSC(C)(C)CCOC(C)(C)C)[C@@H](C)C(=O)C(C)(C)[C@@H](OC(=O)CSC(C)(C)CCOC(C)(C)C)CC(=O)N1. The van der Waals surface area contributed by atoms with E-state index in [0.717, 1.165) is 35.5 Å². The number of ether oxygens (including phenoxy) is 5. The van der Waals surface area contributed by atoms with Crippen molar-refractivity contribution in [2.45, 2.75) is 213 Å². The summed E-state index contributed by atoms with van der Waals surface area (Å²) in [6, 6.07) is -0.378. The number of nitrogens with one attached hydrogen (secondary N) is 1. The molecule has 11 nitrogen and oxygen atoms in total. The largest absolute Gasteiger partial charge is 0.461 e. The van der Waals surface area contributed by atoms with Gasteiger partial charge in [0, 0.05) is 34.5 Å². The van der Waals surface area contributed by atoms with E-state index in [1.165, 1.54) is 23.5 Å². The second kappa shape index (κ2) is 22.7. The van der Waals surface area contributed by atoms with Crippen LogP contribution >= 0.6 is 34.9 Å². The Bertz CT molecular complexity index is 1730. The number of esters is 2. The zero-order valence-corrected chi connectivity index (χ0v) is 44.2. The smallest absolute Gasteiger partial charge is 0.316 e. The highest BCUT2D eigenvalue weighted by Gasteiger charge is 2.53. The van der Waals surface area contributed by atoms with Gasteiger partial charge in [0.15, 0.2) is 0 Å². The van der Waals surface area contributed by atoms with Gasteiger partial charge in [0.25, 0.3) is 0 Å². The zero-order valence-electron chi connectivity index (χ0n) is 41.7.